The maximum absolute atomic E-state index is 9.82. The monoisotopic (exact) mass is 965 g/mol. The number of anilines is 4. The van der Waals surface area contributed by atoms with Crippen molar-refractivity contribution >= 4 is 44.6 Å². The van der Waals surface area contributed by atoms with Gasteiger partial charge in [-0.2, -0.15) is 0 Å². The van der Waals surface area contributed by atoms with Gasteiger partial charge in [0.2, 0.25) is 0 Å². The Morgan fingerprint density at radius 1 is 0.541 bits per heavy atom. The van der Waals surface area contributed by atoms with Crippen molar-refractivity contribution in [2.45, 2.75) is 46.4 Å². The van der Waals surface area contributed by atoms with Crippen LogP contribution in [-0.4, -0.2) is 16.2 Å². The Balaban J connectivity index is 1.06. The average molecular weight is 966 g/mol. The standard InChI is InChI=1S/C68H56N4O2/c1-44(2)34-45-35-57(47-18-10-7-11-19-47)67-58(36-45)48-26-29-52(30-27-48)73-53-22-14-20-50(37-53)60-42-69-66(41-61(60)68(3,4)5)72-62-33-28-49(46-16-8-6-9-17-46)38-59(62)56-32-31-55(40-65(56)72)74-54-23-15-21-51(39-54)70-43-71(67)64-25-13-12-24-63(64)70/h6-33,35-42,44H,34,43H2,1-5H3/i28D,33D,34D2,38D. The average Bonchev–Trinajstić information content (AvgIpc) is 4.15. The van der Waals surface area contributed by atoms with Crippen molar-refractivity contribution in [2.24, 2.45) is 5.92 Å². The van der Waals surface area contributed by atoms with Gasteiger partial charge in [-0.05, 0) is 148 Å². The molecule has 9 aromatic carbocycles. The lowest BCUT2D eigenvalue weighted by molar-refractivity contribution is 0.483. The third-order valence-corrected chi connectivity index (χ3v) is 14.1. The van der Waals surface area contributed by atoms with Crippen molar-refractivity contribution in [3.05, 3.63) is 230 Å². The third-order valence-electron chi connectivity index (χ3n) is 14.1. The van der Waals surface area contributed by atoms with E-state index in [1.807, 2.05) is 152 Å². The summed E-state index contributed by atoms with van der Waals surface area (Å²) in [6.07, 6.45) is 0.240. The van der Waals surface area contributed by atoms with E-state index in [4.69, 9.17) is 14.5 Å². The van der Waals surface area contributed by atoms with E-state index in [1.165, 1.54) is 0 Å². The molecule has 360 valence electrons. The number of fused-ring (bicyclic) bond motifs is 5. The topological polar surface area (TPSA) is 42.8 Å². The van der Waals surface area contributed by atoms with Gasteiger partial charge < -0.3 is 19.3 Å². The third kappa shape index (κ3) is 8.13. The van der Waals surface area contributed by atoms with Gasteiger partial charge in [-0.3, -0.25) is 4.57 Å². The summed E-state index contributed by atoms with van der Waals surface area (Å²) in [7, 11) is 0. The molecule has 0 spiro atoms. The minimum absolute atomic E-state index is 0.00316. The Morgan fingerprint density at radius 2 is 1.16 bits per heavy atom. The molecule has 0 unspecified atom stereocenters. The lowest BCUT2D eigenvalue weighted by Crippen LogP contribution is -2.25. The molecule has 15 rings (SSSR count). The number of nitrogens with zero attached hydrogens (tertiary/aromatic N) is 4. The first kappa shape index (κ1) is 39.7. The van der Waals surface area contributed by atoms with Gasteiger partial charge >= 0.3 is 0 Å². The SMILES string of the molecule is [2H]c1c(-c2ccccc2)c([2H])c2c3ccc4cc3n(c2c1[2H])-c1cc(C(C)(C)C)c(cn1)-c1cccc(c1)Oc1ccc(cc1)-c1cc(C([2H])([2H])C(C)C)cc(-c2ccccc2)c1N1CN(c2cccc(c2)O4)c2ccccc21. The first-order chi connectivity index (χ1) is 38.1. The molecule has 0 radical (unpaired) electrons. The van der Waals surface area contributed by atoms with Crippen LogP contribution in [0.3, 0.4) is 0 Å². The zero-order chi connectivity index (χ0) is 54.5. The molecule has 11 aromatic rings. The van der Waals surface area contributed by atoms with E-state index in [0.29, 0.717) is 68.6 Å². The summed E-state index contributed by atoms with van der Waals surface area (Å²) in [6, 6.07) is 64.5. The number of hydrogen-bond donors (Lipinski definition) is 0. The molecule has 6 heteroatoms. The van der Waals surface area contributed by atoms with Gasteiger partial charge in [0.15, 0.2) is 0 Å². The van der Waals surface area contributed by atoms with Gasteiger partial charge in [-0.15, -0.1) is 0 Å². The maximum atomic E-state index is 9.82. The highest BCUT2D eigenvalue weighted by Gasteiger charge is 2.32. The lowest BCUT2D eigenvalue weighted by Gasteiger charge is -2.28. The maximum Gasteiger partial charge on any atom is 0.137 e. The molecule has 0 saturated heterocycles. The van der Waals surface area contributed by atoms with Crippen LogP contribution in [0.5, 0.6) is 23.0 Å². The van der Waals surface area contributed by atoms with Crippen LogP contribution in [0.15, 0.2) is 218 Å². The predicted octanol–water partition coefficient (Wildman–Crippen LogP) is 18.5. The van der Waals surface area contributed by atoms with Gasteiger partial charge in [0.05, 0.1) is 32.2 Å². The Labute approximate surface area is 440 Å². The summed E-state index contributed by atoms with van der Waals surface area (Å²) in [5.74, 6) is 2.69. The molecular formula is C68H56N4O2. The molecule has 0 atom stereocenters. The normalized spacial score (nSPS) is 14.1. The Bertz CT molecular complexity index is 4210. The number of aromatic nitrogens is 2. The van der Waals surface area contributed by atoms with Crippen molar-refractivity contribution in [3.8, 4) is 73.3 Å². The minimum Gasteiger partial charge on any atom is -0.457 e. The smallest absolute Gasteiger partial charge is 0.137 e. The summed E-state index contributed by atoms with van der Waals surface area (Å²) in [5, 5.41) is 1.29. The molecule has 2 aromatic heterocycles. The van der Waals surface area contributed by atoms with Crippen LogP contribution in [0.1, 0.15) is 52.6 Å². The van der Waals surface area contributed by atoms with Crippen molar-refractivity contribution < 1.29 is 16.3 Å². The molecular weight excluding hydrogens is 905 g/mol. The second-order valence-corrected chi connectivity index (χ2v) is 20.5. The molecule has 4 aliphatic rings. The van der Waals surface area contributed by atoms with E-state index >= 15 is 0 Å². The number of hydrogen-bond acceptors (Lipinski definition) is 5. The van der Waals surface area contributed by atoms with Crippen LogP contribution < -0.4 is 19.3 Å². The summed E-state index contributed by atoms with van der Waals surface area (Å²) in [6.45, 7) is 10.8. The molecule has 74 heavy (non-hydrogen) atoms. The summed E-state index contributed by atoms with van der Waals surface area (Å²) in [4.78, 5) is 9.82. The highest BCUT2D eigenvalue weighted by Crippen LogP contribution is 2.51. The number of rotatable bonds is 4. The van der Waals surface area contributed by atoms with Gasteiger partial charge in [-0.25, -0.2) is 4.98 Å². The van der Waals surface area contributed by atoms with E-state index < -0.39 is 6.37 Å². The second-order valence-electron chi connectivity index (χ2n) is 20.5. The predicted molar refractivity (Wildman–Crippen MR) is 306 cm³/mol. The quantitative estimate of drug-likeness (QED) is 0.176. The molecule has 0 amide bonds. The van der Waals surface area contributed by atoms with E-state index in [-0.39, 0.29) is 29.5 Å². The number of pyridine rings is 1. The van der Waals surface area contributed by atoms with Crippen molar-refractivity contribution in [2.75, 3.05) is 16.5 Å². The highest BCUT2D eigenvalue weighted by molar-refractivity contribution is 6.11. The van der Waals surface area contributed by atoms with Crippen molar-refractivity contribution in [1.82, 2.24) is 9.55 Å². The highest BCUT2D eigenvalue weighted by atomic mass is 16.5. The summed E-state index contributed by atoms with van der Waals surface area (Å²) >= 11 is 0. The van der Waals surface area contributed by atoms with Gasteiger partial charge in [0, 0.05) is 54.2 Å². The zero-order valence-corrected chi connectivity index (χ0v) is 41.9. The molecule has 0 N–H and O–H groups in total. The fourth-order valence-corrected chi connectivity index (χ4v) is 10.7. The molecule has 0 saturated carbocycles. The Kier molecular flexibility index (Phi) is 9.66. The Hall–Kier alpha value is -8.87. The second kappa shape index (κ2) is 18.0. The Morgan fingerprint density at radius 3 is 1.89 bits per heavy atom. The molecule has 6 heterocycles. The number of ether oxygens (including phenoxy) is 2. The van der Waals surface area contributed by atoms with E-state index in [2.05, 4.69) is 97.3 Å². The van der Waals surface area contributed by atoms with E-state index in [9.17, 15) is 6.85 Å². The summed E-state index contributed by atoms with van der Waals surface area (Å²) in [5.41, 5.74) is 12.8. The zero-order valence-electron chi connectivity index (χ0n) is 46.9. The van der Waals surface area contributed by atoms with Crippen LogP contribution in [0.25, 0.3) is 72.1 Å². The van der Waals surface area contributed by atoms with Crippen molar-refractivity contribution in [3.63, 3.8) is 0 Å². The van der Waals surface area contributed by atoms with Gasteiger partial charge in [0.25, 0.3) is 0 Å². The number of benzene rings is 9. The molecule has 6 nitrogen and oxygen atoms in total. The molecule has 4 aliphatic heterocycles. The van der Waals surface area contributed by atoms with Crippen LogP contribution in [0, 0.1) is 5.92 Å². The van der Waals surface area contributed by atoms with E-state index in [1.54, 1.807) is 0 Å². The van der Waals surface area contributed by atoms with Crippen LogP contribution in [0.4, 0.5) is 22.7 Å². The molecule has 12 bridgehead atoms. The van der Waals surface area contributed by atoms with Gasteiger partial charge in [0.1, 0.15) is 35.5 Å². The largest absolute Gasteiger partial charge is 0.457 e. The molecule has 0 fully saturated rings. The fourth-order valence-electron chi connectivity index (χ4n) is 10.7. The van der Waals surface area contributed by atoms with Crippen molar-refractivity contribution in [1.29, 1.82) is 0 Å². The first-order valence-electron chi connectivity index (χ1n) is 27.8. The number of para-hydroxylation sites is 2. The summed E-state index contributed by atoms with van der Waals surface area (Å²) < 4.78 is 63.5. The first-order valence-corrected chi connectivity index (χ1v) is 25.3. The van der Waals surface area contributed by atoms with E-state index in [0.717, 1.165) is 67.1 Å². The molecule has 0 aliphatic carbocycles. The minimum atomic E-state index is -1.64. The van der Waals surface area contributed by atoms with Crippen LogP contribution in [0.2, 0.25) is 0 Å². The fraction of sp³-hybridized carbons (Fsp3) is 0.132. The van der Waals surface area contributed by atoms with Gasteiger partial charge in [-0.1, -0.05) is 144 Å². The van der Waals surface area contributed by atoms with Crippen LogP contribution >= 0.6 is 0 Å². The van der Waals surface area contributed by atoms with Crippen LogP contribution in [-0.2, 0) is 11.8 Å². The lowest BCUT2D eigenvalue weighted by atomic mass is 9.82.